The summed E-state index contributed by atoms with van der Waals surface area (Å²) in [6, 6.07) is -0.580. The summed E-state index contributed by atoms with van der Waals surface area (Å²) in [4.78, 5) is 39.1. The molecule has 0 radical (unpaired) electrons. The van der Waals surface area contributed by atoms with Crippen molar-refractivity contribution < 1.29 is 14.4 Å². The molecule has 0 unspecified atom stereocenters. The first-order valence-electron chi connectivity index (χ1n) is 8.28. The first-order chi connectivity index (χ1) is 10.9. The Balaban J connectivity index is 2.83. The average molecular weight is 320 g/mol. The number of rotatable bonds is 9. The van der Waals surface area contributed by atoms with E-state index in [9.17, 15) is 14.4 Å². The molecule has 1 aliphatic heterocycles. The molecule has 23 heavy (non-hydrogen) atoms. The largest absolute Gasteiger partial charge is 0.332 e. The van der Waals surface area contributed by atoms with Crippen LogP contribution in [-0.4, -0.2) is 41.7 Å². The highest BCUT2D eigenvalue weighted by molar-refractivity contribution is 6.18. The maximum atomic E-state index is 12.6. The lowest BCUT2D eigenvalue weighted by Crippen LogP contribution is -2.62. The SMILES string of the molecule is C=CCC1(CC=CCCCCCC)C(=O)N(C)C(=O)N(C)C1=O. The van der Waals surface area contributed by atoms with E-state index in [-0.39, 0.29) is 6.42 Å². The van der Waals surface area contributed by atoms with Gasteiger partial charge in [-0.2, -0.15) is 0 Å². The topological polar surface area (TPSA) is 57.7 Å². The Labute approximate surface area is 139 Å². The molecule has 0 aliphatic carbocycles. The van der Waals surface area contributed by atoms with E-state index in [2.05, 4.69) is 13.5 Å². The number of nitrogens with zero attached hydrogens (tertiary/aromatic N) is 2. The predicted molar refractivity (Wildman–Crippen MR) is 90.7 cm³/mol. The van der Waals surface area contributed by atoms with Crippen molar-refractivity contribution in [2.45, 2.75) is 51.9 Å². The summed E-state index contributed by atoms with van der Waals surface area (Å²) in [5.41, 5.74) is -1.24. The van der Waals surface area contributed by atoms with E-state index in [0.29, 0.717) is 6.42 Å². The molecule has 0 aromatic carbocycles. The van der Waals surface area contributed by atoms with Crippen LogP contribution in [0.4, 0.5) is 4.79 Å². The Morgan fingerprint density at radius 3 is 2.09 bits per heavy atom. The van der Waals surface area contributed by atoms with Crippen molar-refractivity contribution >= 4 is 17.8 Å². The summed E-state index contributed by atoms with van der Waals surface area (Å²) in [5.74, 6) is -0.887. The van der Waals surface area contributed by atoms with Gasteiger partial charge in [0.05, 0.1) is 0 Å². The molecular weight excluding hydrogens is 292 g/mol. The van der Waals surface area contributed by atoms with Crippen LogP contribution in [0.15, 0.2) is 24.8 Å². The molecule has 1 aliphatic rings. The number of allylic oxidation sites excluding steroid dienone is 3. The maximum Gasteiger partial charge on any atom is 0.332 e. The van der Waals surface area contributed by atoms with Crippen molar-refractivity contribution in [3.63, 3.8) is 0 Å². The lowest BCUT2D eigenvalue weighted by Gasteiger charge is -2.40. The van der Waals surface area contributed by atoms with E-state index in [1.54, 1.807) is 6.08 Å². The third-order valence-corrected chi connectivity index (χ3v) is 4.35. The van der Waals surface area contributed by atoms with Gasteiger partial charge in [-0.25, -0.2) is 4.79 Å². The molecule has 0 saturated carbocycles. The van der Waals surface area contributed by atoms with Gasteiger partial charge in [0, 0.05) is 14.1 Å². The number of carbonyl (C=O) groups excluding carboxylic acids is 3. The van der Waals surface area contributed by atoms with Gasteiger partial charge in [0.25, 0.3) is 0 Å². The quantitative estimate of drug-likeness (QED) is 0.371. The van der Waals surface area contributed by atoms with Gasteiger partial charge in [-0.1, -0.05) is 44.4 Å². The third-order valence-electron chi connectivity index (χ3n) is 4.35. The van der Waals surface area contributed by atoms with Gasteiger partial charge in [0.1, 0.15) is 5.41 Å². The van der Waals surface area contributed by atoms with Crippen LogP contribution in [0.2, 0.25) is 0 Å². The smallest absolute Gasteiger partial charge is 0.273 e. The number of unbranched alkanes of at least 4 members (excludes halogenated alkanes) is 4. The predicted octanol–water partition coefficient (Wildman–Crippen LogP) is 3.52. The molecule has 1 saturated heterocycles. The summed E-state index contributed by atoms with van der Waals surface area (Å²) in [6.07, 6.45) is 11.7. The van der Waals surface area contributed by atoms with Crippen LogP contribution in [0.3, 0.4) is 0 Å². The van der Waals surface area contributed by atoms with Crippen molar-refractivity contribution in [2.24, 2.45) is 5.41 Å². The van der Waals surface area contributed by atoms with Gasteiger partial charge in [0.2, 0.25) is 11.8 Å². The number of carbonyl (C=O) groups is 3. The number of urea groups is 1. The zero-order valence-electron chi connectivity index (χ0n) is 14.5. The fourth-order valence-electron chi connectivity index (χ4n) is 2.90. The molecule has 0 aromatic heterocycles. The second kappa shape index (κ2) is 8.65. The van der Waals surface area contributed by atoms with E-state index in [1.165, 1.54) is 33.4 Å². The van der Waals surface area contributed by atoms with Crippen molar-refractivity contribution in [3.05, 3.63) is 24.8 Å². The second-order valence-corrected chi connectivity index (χ2v) is 6.11. The first kappa shape index (κ1) is 19.1. The normalized spacial score (nSPS) is 18.1. The van der Waals surface area contributed by atoms with Gasteiger partial charge in [-0.15, -0.1) is 6.58 Å². The highest BCUT2D eigenvalue weighted by atomic mass is 16.2. The summed E-state index contributed by atoms with van der Waals surface area (Å²) < 4.78 is 0. The minimum atomic E-state index is -1.24. The highest BCUT2D eigenvalue weighted by Crippen LogP contribution is 2.36. The Morgan fingerprint density at radius 2 is 1.57 bits per heavy atom. The van der Waals surface area contributed by atoms with Gasteiger partial charge >= 0.3 is 6.03 Å². The summed E-state index contributed by atoms with van der Waals surface area (Å²) in [5, 5.41) is 0. The number of hydrogen-bond donors (Lipinski definition) is 0. The first-order valence-corrected chi connectivity index (χ1v) is 8.28. The lowest BCUT2D eigenvalue weighted by molar-refractivity contribution is -0.156. The van der Waals surface area contributed by atoms with Crippen LogP contribution < -0.4 is 0 Å². The van der Waals surface area contributed by atoms with Crippen molar-refractivity contribution in [1.29, 1.82) is 0 Å². The third kappa shape index (κ3) is 4.09. The van der Waals surface area contributed by atoms with Crippen molar-refractivity contribution in [3.8, 4) is 0 Å². The average Bonchev–Trinajstić information content (AvgIpc) is 2.55. The van der Waals surface area contributed by atoms with Gasteiger partial charge in [0.15, 0.2) is 0 Å². The molecule has 0 aromatic rings. The van der Waals surface area contributed by atoms with Crippen LogP contribution in [0.1, 0.15) is 51.9 Å². The van der Waals surface area contributed by atoms with Crippen LogP contribution >= 0.6 is 0 Å². The number of barbiturate groups is 1. The number of amides is 4. The molecule has 1 fully saturated rings. The van der Waals surface area contributed by atoms with Gasteiger partial charge in [-0.3, -0.25) is 19.4 Å². The monoisotopic (exact) mass is 320 g/mol. The summed E-state index contributed by atoms with van der Waals surface area (Å²) in [6.45, 7) is 5.84. The van der Waals surface area contributed by atoms with Crippen molar-refractivity contribution in [2.75, 3.05) is 14.1 Å². The fraction of sp³-hybridized carbons (Fsp3) is 0.611. The zero-order valence-corrected chi connectivity index (χ0v) is 14.5. The zero-order chi connectivity index (χ0) is 17.5. The van der Waals surface area contributed by atoms with Gasteiger partial charge < -0.3 is 0 Å². The van der Waals surface area contributed by atoms with Crippen molar-refractivity contribution in [1.82, 2.24) is 9.80 Å². The highest BCUT2D eigenvalue weighted by Gasteiger charge is 2.53. The van der Waals surface area contributed by atoms with E-state index in [4.69, 9.17) is 0 Å². The Bertz CT molecular complexity index is 472. The molecule has 5 nitrogen and oxygen atoms in total. The molecule has 0 bridgehead atoms. The van der Waals surface area contributed by atoms with Crippen LogP contribution in [0.25, 0.3) is 0 Å². The standard InChI is InChI=1S/C18H28N2O3/c1-5-7-8-9-10-11-12-14-18(13-6-2)15(21)19(3)17(23)20(4)16(18)22/h6,11-12H,2,5,7-10,13-14H2,1,3-4H3. The van der Waals surface area contributed by atoms with E-state index < -0.39 is 23.3 Å². The summed E-state index contributed by atoms with van der Waals surface area (Å²) in [7, 11) is 2.83. The molecule has 1 heterocycles. The minimum absolute atomic E-state index is 0.229. The minimum Gasteiger partial charge on any atom is -0.273 e. The fourth-order valence-corrected chi connectivity index (χ4v) is 2.90. The molecule has 5 heteroatoms. The number of hydrogen-bond acceptors (Lipinski definition) is 3. The Kier molecular flexibility index (Phi) is 7.20. The molecule has 128 valence electrons. The van der Waals surface area contributed by atoms with Crippen LogP contribution in [-0.2, 0) is 9.59 Å². The second-order valence-electron chi connectivity index (χ2n) is 6.11. The van der Waals surface area contributed by atoms with E-state index >= 15 is 0 Å². The molecule has 4 amide bonds. The lowest BCUT2D eigenvalue weighted by atomic mass is 9.77. The molecule has 0 atom stereocenters. The number of imide groups is 2. The van der Waals surface area contributed by atoms with E-state index in [1.807, 2.05) is 12.2 Å². The molecule has 1 rings (SSSR count). The Hall–Kier alpha value is -1.91. The van der Waals surface area contributed by atoms with Crippen LogP contribution in [0.5, 0.6) is 0 Å². The summed E-state index contributed by atoms with van der Waals surface area (Å²) >= 11 is 0. The molecular formula is C18H28N2O3. The van der Waals surface area contributed by atoms with E-state index in [0.717, 1.165) is 22.6 Å². The van der Waals surface area contributed by atoms with Crippen LogP contribution in [0, 0.1) is 5.41 Å². The Morgan fingerprint density at radius 1 is 0.957 bits per heavy atom. The molecule has 0 N–H and O–H groups in total. The van der Waals surface area contributed by atoms with Gasteiger partial charge in [-0.05, 0) is 25.7 Å². The molecule has 0 spiro atoms. The maximum absolute atomic E-state index is 12.6.